The maximum Gasteiger partial charge on any atom is 0.243 e. The van der Waals surface area contributed by atoms with E-state index in [1.807, 2.05) is 45.6 Å². The number of amides is 1. The van der Waals surface area contributed by atoms with E-state index in [9.17, 15) is 13.2 Å². The first kappa shape index (κ1) is 19.9. The zero-order valence-corrected chi connectivity index (χ0v) is 16.6. The Hall–Kier alpha value is -1.44. The first-order chi connectivity index (χ1) is 11.5. The number of carbonyl (C=O) groups is 1. The fourth-order valence-electron chi connectivity index (χ4n) is 2.81. The molecular weight excluding hydrogens is 338 g/mol. The average molecular weight is 368 g/mol. The number of nitrogens with zero attached hydrogens (tertiary/aromatic N) is 2. The van der Waals surface area contributed by atoms with Crippen LogP contribution in [0, 0.1) is 13.8 Å². The van der Waals surface area contributed by atoms with Gasteiger partial charge in [0, 0.05) is 31.7 Å². The summed E-state index contributed by atoms with van der Waals surface area (Å²) in [6, 6.07) is 5.24. The Balaban J connectivity index is 1.97. The third-order valence-electron chi connectivity index (χ3n) is 4.33. The van der Waals surface area contributed by atoms with Crippen molar-refractivity contribution in [2.75, 3.05) is 32.7 Å². The molecule has 7 heteroatoms. The van der Waals surface area contributed by atoms with Crippen LogP contribution < -0.4 is 5.32 Å². The van der Waals surface area contributed by atoms with Gasteiger partial charge in [-0.05, 0) is 57.9 Å². The minimum absolute atomic E-state index is 0.0297. The second-order valence-corrected chi connectivity index (χ2v) is 9.66. The monoisotopic (exact) mass is 367 g/mol. The van der Waals surface area contributed by atoms with Crippen LogP contribution in [0.4, 0.5) is 0 Å². The summed E-state index contributed by atoms with van der Waals surface area (Å²) < 4.78 is 27.1. The fraction of sp³-hybridized carbons (Fsp3) is 0.611. The Morgan fingerprint density at radius 1 is 1.08 bits per heavy atom. The van der Waals surface area contributed by atoms with Gasteiger partial charge < -0.3 is 5.32 Å². The molecule has 6 nitrogen and oxygen atoms in total. The largest absolute Gasteiger partial charge is 0.350 e. The van der Waals surface area contributed by atoms with Gasteiger partial charge in [-0.15, -0.1) is 0 Å². The molecular formula is C18H29N3O3S. The summed E-state index contributed by atoms with van der Waals surface area (Å²) in [7, 11) is -3.48. The lowest BCUT2D eigenvalue weighted by Crippen LogP contribution is -2.52. The molecule has 1 aromatic rings. The third-order valence-corrected chi connectivity index (χ3v) is 6.22. The molecule has 1 amide bonds. The number of rotatable bonds is 4. The molecule has 2 rings (SSSR count). The van der Waals surface area contributed by atoms with E-state index in [1.54, 1.807) is 12.1 Å². The smallest absolute Gasteiger partial charge is 0.243 e. The summed E-state index contributed by atoms with van der Waals surface area (Å²) in [4.78, 5) is 14.3. The van der Waals surface area contributed by atoms with E-state index in [4.69, 9.17) is 0 Å². The quantitative estimate of drug-likeness (QED) is 0.876. The molecule has 0 aromatic heterocycles. The van der Waals surface area contributed by atoms with Crippen molar-refractivity contribution in [3.05, 3.63) is 29.3 Å². The minimum Gasteiger partial charge on any atom is -0.350 e. The Morgan fingerprint density at radius 2 is 1.68 bits per heavy atom. The Bertz CT molecular complexity index is 730. The van der Waals surface area contributed by atoms with E-state index in [-0.39, 0.29) is 11.4 Å². The fourth-order valence-corrected chi connectivity index (χ4v) is 4.32. The molecule has 0 saturated carbocycles. The van der Waals surface area contributed by atoms with Gasteiger partial charge >= 0.3 is 0 Å². The highest BCUT2D eigenvalue weighted by molar-refractivity contribution is 7.89. The molecule has 140 valence electrons. The standard InChI is InChI=1S/C18H29N3O3S/c1-14-6-7-16(12-15(14)2)25(23,24)21-10-8-20(9-11-21)13-17(22)19-18(3,4)5/h6-7,12H,8-11,13H2,1-5H3,(H,19,22). The van der Waals surface area contributed by atoms with Crippen molar-refractivity contribution in [1.29, 1.82) is 0 Å². The molecule has 1 aliphatic heterocycles. The Labute approximate surface area is 151 Å². The Morgan fingerprint density at radius 3 is 2.20 bits per heavy atom. The number of benzene rings is 1. The molecule has 25 heavy (non-hydrogen) atoms. The van der Waals surface area contributed by atoms with Crippen LogP contribution in [-0.2, 0) is 14.8 Å². The van der Waals surface area contributed by atoms with Gasteiger partial charge in [0.05, 0.1) is 11.4 Å². The topological polar surface area (TPSA) is 69.7 Å². The number of aryl methyl sites for hydroxylation is 2. The molecule has 1 N–H and O–H groups in total. The third kappa shape index (κ3) is 5.26. The molecule has 0 spiro atoms. The van der Waals surface area contributed by atoms with E-state index in [1.165, 1.54) is 4.31 Å². The molecule has 0 unspecified atom stereocenters. The maximum atomic E-state index is 12.8. The molecule has 1 heterocycles. The van der Waals surface area contributed by atoms with Crippen molar-refractivity contribution in [2.24, 2.45) is 0 Å². The summed E-state index contributed by atoms with van der Waals surface area (Å²) in [5.74, 6) is -0.0297. The summed E-state index contributed by atoms with van der Waals surface area (Å²) in [6.45, 7) is 11.9. The van der Waals surface area contributed by atoms with Gasteiger partial charge in [0.1, 0.15) is 0 Å². The van der Waals surface area contributed by atoms with E-state index in [0.29, 0.717) is 37.6 Å². The number of piperazine rings is 1. The van der Waals surface area contributed by atoms with E-state index in [0.717, 1.165) is 11.1 Å². The predicted octanol–water partition coefficient (Wildman–Crippen LogP) is 1.52. The van der Waals surface area contributed by atoms with E-state index in [2.05, 4.69) is 5.32 Å². The summed E-state index contributed by atoms with van der Waals surface area (Å²) in [5, 5.41) is 2.93. The van der Waals surface area contributed by atoms with Crippen LogP contribution in [0.15, 0.2) is 23.1 Å². The molecule has 1 aromatic carbocycles. The first-order valence-electron chi connectivity index (χ1n) is 8.60. The van der Waals surface area contributed by atoms with Crippen molar-refractivity contribution in [1.82, 2.24) is 14.5 Å². The van der Waals surface area contributed by atoms with Crippen LogP contribution in [-0.4, -0.2) is 61.8 Å². The lowest BCUT2D eigenvalue weighted by molar-refractivity contribution is -0.123. The predicted molar refractivity (Wildman–Crippen MR) is 99.0 cm³/mol. The van der Waals surface area contributed by atoms with Crippen LogP contribution >= 0.6 is 0 Å². The highest BCUT2D eigenvalue weighted by Gasteiger charge is 2.29. The summed E-state index contributed by atoms with van der Waals surface area (Å²) in [6.07, 6.45) is 0. The number of hydrogen-bond acceptors (Lipinski definition) is 4. The van der Waals surface area contributed by atoms with Crippen LogP contribution in [0.25, 0.3) is 0 Å². The van der Waals surface area contributed by atoms with Crippen LogP contribution in [0.3, 0.4) is 0 Å². The second-order valence-electron chi connectivity index (χ2n) is 7.72. The first-order valence-corrected chi connectivity index (χ1v) is 10.0. The van der Waals surface area contributed by atoms with Crippen molar-refractivity contribution in [2.45, 2.75) is 45.1 Å². The highest BCUT2D eigenvalue weighted by Crippen LogP contribution is 2.20. The SMILES string of the molecule is Cc1ccc(S(=O)(=O)N2CCN(CC(=O)NC(C)(C)C)CC2)cc1C. The zero-order valence-electron chi connectivity index (χ0n) is 15.8. The highest BCUT2D eigenvalue weighted by atomic mass is 32.2. The second kappa shape index (κ2) is 7.43. The lowest BCUT2D eigenvalue weighted by atomic mass is 10.1. The molecule has 0 aliphatic carbocycles. The number of sulfonamides is 1. The van der Waals surface area contributed by atoms with Gasteiger partial charge in [0.2, 0.25) is 15.9 Å². The minimum atomic E-state index is -3.48. The normalized spacial score (nSPS) is 17.5. The molecule has 1 aliphatic rings. The van der Waals surface area contributed by atoms with Crippen LogP contribution in [0.2, 0.25) is 0 Å². The van der Waals surface area contributed by atoms with Crippen LogP contribution in [0.5, 0.6) is 0 Å². The Kier molecular flexibility index (Phi) is 5.91. The van der Waals surface area contributed by atoms with Gasteiger partial charge in [-0.25, -0.2) is 8.42 Å². The van der Waals surface area contributed by atoms with Gasteiger partial charge in [0.25, 0.3) is 0 Å². The molecule has 0 atom stereocenters. The number of hydrogen-bond donors (Lipinski definition) is 1. The number of carbonyl (C=O) groups excluding carboxylic acids is 1. The van der Waals surface area contributed by atoms with Gasteiger partial charge in [-0.2, -0.15) is 4.31 Å². The van der Waals surface area contributed by atoms with E-state index >= 15 is 0 Å². The summed E-state index contributed by atoms with van der Waals surface area (Å²) in [5.41, 5.74) is 1.79. The van der Waals surface area contributed by atoms with Crippen molar-refractivity contribution in [3.63, 3.8) is 0 Å². The summed E-state index contributed by atoms with van der Waals surface area (Å²) >= 11 is 0. The molecule has 1 saturated heterocycles. The van der Waals surface area contributed by atoms with Gasteiger partial charge in [-0.3, -0.25) is 9.69 Å². The molecule has 1 fully saturated rings. The molecule has 0 bridgehead atoms. The van der Waals surface area contributed by atoms with Gasteiger partial charge in [0.15, 0.2) is 0 Å². The van der Waals surface area contributed by atoms with Crippen molar-refractivity contribution in [3.8, 4) is 0 Å². The zero-order chi connectivity index (χ0) is 18.8. The van der Waals surface area contributed by atoms with Crippen LogP contribution in [0.1, 0.15) is 31.9 Å². The maximum absolute atomic E-state index is 12.8. The van der Waals surface area contributed by atoms with Gasteiger partial charge in [-0.1, -0.05) is 6.07 Å². The van der Waals surface area contributed by atoms with E-state index < -0.39 is 10.0 Å². The molecule has 0 radical (unpaired) electrons. The van der Waals surface area contributed by atoms with Crippen molar-refractivity contribution < 1.29 is 13.2 Å². The number of nitrogens with one attached hydrogen (secondary N) is 1. The average Bonchev–Trinajstić information content (AvgIpc) is 2.48. The van der Waals surface area contributed by atoms with Crippen molar-refractivity contribution >= 4 is 15.9 Å². The lowest BCUT2D eigenvalue weighted by Gasteiger charge is -2.34.